The van der Waals surface area contributed by atoms with Crippen molar-refractivity contribution in [3.05, 3.63) is 36.2 Å². The fourth-order valence-electron chi connectivity index (χ4n) is 2.12. The number of nitrogens with zero attached hydrogens (tertiary/aromatic N) is 1. The molecule has 1 aliphatic heterocycles. The van der Waals surface area contributed by atoms with Gasteiger partial charge in [0.05, 0.1) is 0 Å². The maximum absolute atomic E-state index is 12.4. The predicted molar refractivity (Wildman–Crippen MR) is 70.3 cm³/mol. The Morgan fingerprint density at radius 1 is 1.38 bits per heavy atom. The van der Waals surface area contributed by atoms with E-state index in [1.54, 1.807) is 30.6 Å². The van der Waals surface area contributed by atoms with Crippen LogP contribution in [0.25, 0.3) is 6.08 Å². The van der Waals surface area contributed by atoms with E-state index in [1.807, 2.05) is 0 Å². The van der Waals surface area contributed by atoms with E-state index < -0.39 is 17.7 Å². The Bertz CT molecular complexity index is 509. The number of esters is 1. The second-order valence-electron chi connectivity index (χ2n) is 4.82. The molecule has 0 amide bonds. The second kappa shape index (κ2) is 6.26. The lowest BCUT2D eigenvalue weighted by Gasteiger charge is -2.34. The molecule has 0 spiro atoms. The van der Waals surface area contributed by atoms with Crippen LogP contribution in [0, 0.1) is 0 Å². The van der Waals surface area contributed by atoms with Gasteiger partial charge in [0, 0.05) is 25.2 Å². The average Bonchev–Trinajstić information content (AvgIpc) is 2.46. The molecule has 0 aliphatic carbocycles. The topological polar surface area (TPSA) is 51.2 Å². The third-order valence-electron chi connectivity index (χ3n) is 3.24. The molecule has 21 heavy (non-hydrogen) atoms. The van der Waals surface area contributed by atoms with E-state index in [0.717, 1.165) is 5.56 Å². The van der Waals surface area contributed by atoms with Crippen molar-refractivity contribution in [1.82, 2.24) is 10.3 Å². The summed E-state index contributed by atoms with van der Waals surface area (Å²) in [7, 11) is 0. The Morgan fingerprint density at radius 3 is 2.67 bits per heavy atom. The number of carbonyl (C=O) groups is 1. The van der Waals surface area contributed by atoms with Crippen molar-refractivity contribution in [1.29, 1.82) is 0 Å². The van der Waals surface area contributed by atoms with E-state index in [0.29, 0.717) is 25.9 Å². The number of hydrogen-bond donors (Lipinski definition) is 1. The van der Waals surface area contributed by atoms with Crippen LogP contribution in [-0.4, -0.2) is 35.8 Å². The highest BCUT2D eigenvalue weighted by molar-refractivity contribution is 5.76. The van der Waals surface area contributed by atoms with E-state index >= 15 is 0 Å². The van der Waals surface area contributed by atoms with Gasteiger partial charge in [-0.3, -0.25) is 4.98 Å². The molecule has 0 saturated carbocycles. The molecule has 4 nitrogen and oxygen atoms in total. The number of nitrogens with one attached hydrogen (secondary N) is 1. The minimum absolute atomic E-state index is 0.297. The van der Waals surface area contributed by atoms with Gasteiger partial charge in [0.15, 0.2) is 0 Å². The average molecular weight is 300 g/mol. The molecule has 0 radical (unpaired) electrons. The maximum atomic E-state index is 12.4. The van der Waals surface area contributed by atoms with Crippen LogP contribution < -0.4 is 5.32 Å². The minimum atomic E-state index is -4.99. The quantitative estimate of drug-likeness (QED) is 0.871. The lowest BCUT2D eigenvalue weighted by molar-refractivity contribution is -0.211. The van der Waals surface area contributed by atoms with Gasteiger partial charge in [-0.1, -0.05) is 12.1 Å². The maximum Gasteiger partial charge on any atom is 0.490 e. The van der Waals surface area contributed by atoms with Crippen molar-refractivity contribution in [2.75, 3.05) is 13.1 Å². The highest BCUT2D eigenvalue weighted by Crippen LogP contribution is 2.29. The number of hydrogen-bond acceptors (Lipinski definition) is 4. The molecule has 0 atom stereocenters. The van der Waals surface area contributed by atoms with Crippen LogP contribution in [0.5, 0.6) is 0 Å². The molecule has 2 heterocycles. The summed E-state index contributed by atoms with van der Waals surface area (Å²) in [6.07, 6.45) is 1.94. The molecule has 1 aromatic rings. The molecule has 2 rings (SSSR count). The SMILES string of the molecule is O=C(OC1(C=Cc2cccnc2)CCNCC1)C(F)(F)F. The Kier molecular flexibility index (Phi) is 4.62. The van der Waals surface area contributed by atoms with Gasteiger partial charge in [0.25, 0.3) is 0 Å². The zero-order valence-electron chi connectivity index (χ0n) is 11.2. The van der Waals surface area contributed by atoms with Crippen molar-refractivity contribution >= 4 is 12.0 Å². The van der Waals surface area contributed by atoms with E-state index in [2.05, 4.69) is 10.3 Å². The second-order valence-corrected chi connectivity index (χ2v) is 4.82. The highest BCUT2D eigenvalue weighted by atomic mass is 19.4. The molecule has 0 aromatic carbocycles. The van der Waals surface area contributed by atoms with Gasteiger partial charge in [-0.25, -0.2) is 4.79 Å². The smallest absolute Gasteiger partial charge is 0.448 e. The Morgan fingerprint density at radius 2 is 2.10 bits per heavy atom. The van der Waals surface area contributed by atoms with Gasteiger partial charge < -0.3 is 10.1 Å². The van der Waals surface area contributed by atoms with E-state index in [4.69, 9.17) is 4.74 Å². The van der Waals surface area contributed by atoms with Crippen LogP contribution in [0.4, 0.5) is 13.2 Å². The standard InChI is InChI=1S/C14H15F3N2O2/c15-14(16,17)12(20)21-13(5-8-18-9-6-13)4-3-11-2-1-7-19-10-11/h1-4,7,10,18H,5-6,8-9H2. The first-order valence-electron chi connectivity index (χ1n) is 6.51. The molecule has 1 aromatic heterocycles. The highest BCUT2D eigenvalue weighted by Gasteiger charge is 2.46. The number of pyridine rings is 1. The van der Waals surface area contributed by atoms with Gasteiger partial charge in [-0.15, -0.1) is 0 Å². The van der Waals surface area contributed by atoms with Gasteiger partial charge in [0.1, 0.15) is 5.60 Å². The van der Waals surface area contributed by atoms with Crippen molar-refractivity contribution < 1.29 is 22.7 Å². The van der Waals surface area contributed by atoms with Gasteiger partial charge in [-0.05, 0) is 30.8 Å². The lowest BCUT2D eigenvalue weighted by atomic mass is 9.91. The third kappa shape index (κ3) is 4.29. The van der Waals surface area contributed by atoms with Crippen LogP contribution in [0.3, 0.4) is 0 Å². The number of rotatable bonds is 3. The normalized spacial score (nSPS) is 18.6. The molecule has 7 heteroatoms. The van der Waals surface area contributed by atoms with Crippen LogP contribution >= 0.6 is 0 Å². The van der Waals surface area contributed by atoms with Crippen LogP contribution in [0.2, 0.25) is 0 Å². The number of alkyl halides is 3. The summed E-state index contributed by atoms with van der Waals surface area (Å²) in [6, 6.07) is 3.49. The minimum Gasteiger partial charge on any atom is -0.448 e. The number of halogens is 3. The fraction of sp³-hybridized carbons (Fsp3) is 0.429. The van der Waals surface area contributed by atoms with Crippen molar-refractivity contribution in [2.45, 2.75) is 24.6 Å². The third-order valence-corrected chi connectivity index (χ3v) is 3.24. The monoisotopic (exact) mass is 300 g/mol. The Balaban J connectivity index is 2.17. The van der Waals surface area contributed by atoms with Crippen molar-refractivity contribution in [3.63, 3.8) is 0 Å². The van der Waals surface area contributed by atoms with E-state index in [-0.39, 0.29) is 0 Å². The van der Waals surface area contributed by atoms with E-state index in [9.17, 15) is 18.0 Å². The predicted octanol–water partition coefficient (Wildman–Crippen LogP) is 2.32. The van der Waals surface area contributed by atoms with E-state index in [1.165, 1.54) is 6.08 Å². The first-order valence-corrected chi connectivity index (χ1v) is 6.51. The Hall–Kier alpha value is -1.89. The molecule has 0 unspecified atom stereocenters. The van der Waals surface area contributed by atoms with Crippen LogP contribution in [-0.2, 0) is 9.53 Å². The summed E-state index contributed by atoms with van der Waals surface area (Å²) in [5.41, 5.74) is -0.494. The van der Waals surface area contributed by atoms with Gasteiger partial charge >= 0.3 is 12.1 Å². The number of carbonyl (C=O) groups excluding carboxylic acids is 1. The summed E-state index contributed by atoms with van der Waals surface area (Å²) in [4.78, 5) is 15.1. The molecule has 1 fully saturated rings. The summed E-state index contributed by atoms with van der Waals surface area (Å²) < 4.78 is 42.0. The lowest BCUT2D eigenvalue weighted by Crippen LogP contribution is -2.46. The number of ether oxygens (including phenoxy) is 1. The molecule has 1 saturated heterocycles. The van der Waals surface area contributed by atoms with Gasteiger partial charge in [-0.2, -0.15) is 13.2 Å². The fourth-order valence-corrected chi connectivity index (χ4v) is 2.12. The van der Waals surface area contributed by atoms with Crippen molar-refractivity contribution in [3.8, 4) is 0 Å². The molecule has 1 N–H and O–H groups in total. The summed E-state index contributed by atoms with van der Waals surface area (Å²) in [5, 5.41) is 3.03. The molecule has 114 valence electrons. The molecule has 1 aliphatic rings. The molecular formula is C14H15F3N2O2. The number of aromatic nitrogens is 1. The summed E-state index contributed by atoms with van der Waals surface area (Å²) >= 11 is 0. The van der Waals surface area contributed by atoms with Gasteiger partial charge in [0.2, 0.25) is 0 Å². The largest absolute Gasteiger partial charge is 0.490 e. The van der Waals surface area contributed by atoms with Crippen LogP contribution in [0.1, 0.15) is 18.4 Å². The zero-order chi connectivity index (χ0) is 15.3. The number of piperidine rings is 1. The molecule has 0 bridgehead atoms. The summed E-state index contributed by atoms with van der Waals surface area (Å²) in [6.45, 7) is 0.977. The summed E-state index contributed by atoms with van der Waals surface area (Å²) in [5.74, 6) is -2.15. The first-order chi connectivity index (χ1) is 9.91. The van der Waals surface area contributed by atoms with Crippen LogP contribution in [0.15, 0.2) is 30.6 Å². The first kappa shape index (κ1) is 15.5. The molecular weight excluding hydrogens is 285 g/mol. The zero-order valence-corrected chi connectivity index (χ0v) is 11.2. The van der Waals surface area contributed by atoms with Crippen molar-refractivity contribution in [2.24, 2.45) is 0 Å². The Labute approximate surface area is 120 Å².